The minimum Gasteiger partial charge on any atom is -0.508 e. The van der Waals surface area contributed by atoms with Crippen molar-refractivity contribution in [3.05, 3.63) is 144 Å². The molecule has 0 saturated heterocycles. The SMILES string of the molecule is O=S(=O)(O)[C@@H](C/C=C/[C@@H](O)c1ccc(O)cc1)CCc1ccc(O[C@H](c2ccccc2)c2cc3ccccc3[nH]2)cc1. The van der Waals surface area contributed by atoms with E-state index in [4.69, 9.17) is 4.74 Å². The number of aliphatic hydroxyl groups excluding tert-OH is 1. The quantitative estimate of drug-likeness (QED) is 0.0936. The van der Waals surface area contributed by atoms with Crippen molar-refractivity contribution < 1.29 is 27.9 Å². The van der Waals surface area contributed by atoms with E-state index in [-0.39, 0.29) is 24.7 Å². The van der Waals surface area contributed by atoms with Crippen LogP contribution in [0.25, 0.3) is 10.9 Å². The summed E-state index contributed by atoms with van der Waals surface area (Å²) in [7, 11) is -4.29. The Bertz CT molecular complexity index is 1700. The summed E-state index contributed by atoms with van der Waals surface area (Å²) >= 11 is 0. The van der Waals surface area contributed by atoms with Gasteiger partial charge in [0.25, 0.3) is 10.1 Å². The summed E-state index contributed by atoms with van der Waals surface area (Å²) in [5, 5.41) is 19.8. The molecule has 0 bridgehead atoms. The summed E-state index contributed by atoms with van der Waals surface area (Å²) in [5.74, 6) is 0.759. The standard InChI is InChI=1S/C34H33NO6S/c36-28-18-16-25(17-19-28)33(37)12-6-10-30(42(38,39)40)22-15-24-13-20-29(21-14-24)41-34(26-7-2-1-3-8-26)32-23-27-9-4-5-11-31(27)35-32/h1-9,11-14,16-21,23,30,33-37H,10,15,22H2,(H,38,39,40)/b12-6+/t30-,33+,34+/m0/s1. The summed E-state index contributed by atoms with van der Waals surface area (Å²) in [6.45, 7) is 0. The van der Waals surface area contributed by atoms with Crippen molar-refractivity contribution in [2.24, 2.45) is 0 Å². The van der Waals surface area contributed by atoms with Gasteiger partial charge in [0, 0.05) is 5.52 Å². The van der Waals surface area contributed by atoms with Crippen molar-refractivity contribution in [2.45, 2.75) is 36.7 Å². The summed E-state index contributed by atoms with van der Waals surface area (Å²) in [6, 6.07) is 33.8. The fourth-order valence-corrected chi connectivity index (χ4v) is 5.67. The Kier molecular flexibility index (Phi) is 9.07. The first kappa shape index (κ1) is 29.1. The molecule has 0 aliphatic rings. The second-order valence-electron chi connectivity index (χ2n) is 10.2. The molecular formula is C34H33NO6S. The third kappa shape index (κ3) is 7.47. The molecule has 0 aliphatic carbocycles. The van der Waals surface area contributed by atoms with Crippen LogP contribution in [0.5, 0.6) is 11.5 Å². The lowest BCUT2D eigenvalue weighted by Gasteiger charge is -2.19. The lowest BCUT2D eigenvalue weighted by atomic mass is 10.0. The zero-order chi connectivity index (χ0) is 29.5. The molecule has 1 heterocycles. The molecule has 7 nitrogen and oxygen atoms in total. The first-order valence-corrected chi connectivity index (χ1v) is 15.2. The predicted molar refractivity (Wildman–Crippen MR) is 164 cm³/mol. The van der Waals surface area contributed by atoms with Gasteiger partial charge in [0.2, 0.25) is 0 Å². The number of H-pyrrole nitrogens is 1. The lowest BCUT2D eigenvalue weighted by molar-refractivity contribution is 0.228. The Morgan fingerprint density at radius 2 is 1.52 bits per heavy atom. The highest BCUT2D eigenvalue weighted by Crippen LogP contribution is 2.31. The van der Waals surface area contributed by atoms with Gasteiger partial charge in [-0.05, 0) is 77.7 Å². The first-order chi connectivity index (χ1) is 20.3. The minimum absolute atomic E-state index is 0.0540. The van der Waals surface area contributed by atoms with Crippen LogP contribution >= 0.6 is 0 Å². The molecule has 0 spiro atoms. The van der Waals surface area contributed by atoms with Gasteiger partial charge in [0.15, 0.2) is 6.10 Å². The van der Waals surface area contributed by atoms with Crippen LogP contribution in [-0.2, 0) is 16.5 Å². The molecule has 8 heteroatoms. The molecule has 5 rings (SSSR count). The van der Waals surface area contributed by atoms with Gasteiger partial charge in [-0.25, -0.2) is 0 Å². The van der Waals surface area contributed by atoms with E-state index in [0.717, 1.165) is 27.7 Å². The van der Waals surface area contributed by atoms with Gasteiger partial charge in [-0.1, -0.05) is 84.9 Å². The maximum Gasteiger partial charge on any atom is 0.268 e. The van der Waals surface area contributed by atoms with Gasteiger partial charge in [0.1, 0.15) is 11.5 Å². The Balaban J connectivity index is 1.24. The van der Waals surface area contributed by atoms with Gasteiger partial charge < -0.3 is 19.9 Å². The van der Waals surface area contributed by atoms with E-state index in [9.17, 15) is 23.2 Å². The van der Waals surface area contributed by atoms with E-state index in [0.29, 0.717) is 17.7 Å². The molecule has 0 aliphatic heterocycles. The lowest BCUT2D eigenvalue weighted by Crippen LogP contribution is -2.20. The molecule has 0 amide bonds. The van der Waals surface area contributed by atoms with Crippen LogP contribution in [0.2, 0.25) is 0 Å². The molecule has 4 N–H and O–H groups in total. The van der Waals surface area contributed by atoms with Crippen LogP contribution in [0.15, 0.2) is 121 Å². The zero-order valence-corrected chi connectivity index (χ0v) is 23.7. The molecule has 1 aromatic heterocycles. The average molecular weight is 584 g/mol. The van der Waals surface area contributed by atoms with Gasteiger partial charge in [-0.15, -0.1) is 0 Å². The summed E-state index contributed by atoms with van der Waals surface area (Å²) < 4.78 is 40.4. The van der Waals surface area contributed by atoms with Gasteiger partial charge >= 0.3 is 0 Å². The van der Waals surface area contributed by atoms with E-state index >= 15 is 0 Å². The summed E-state index contributed by atoms with van der Waals surface area (Å²) in [5.41, 5.74) is 4.45. The van der Waals surface area contributed by atoms with Crippen molar-refractivity contribution in [1.82, 2.24) is 4.98 Å². The first-order valence-electron chi connectivity index (χ1n) is 13.7. The normalized spacial score (nSPS) is 14.1. The van der Waals surface area contributed by atoms with Crippen LogP contribution in [0.4, 0.5) is 0 Å². The topological polar surface area (TPSA) is 120 Å². The molecule has 0 saturated carbocycles. The average Bonchev–Trinajstić information content (AvgIpc) is 3.42. The number of aryl methyl sites for hydroxylation is 1. The number of phenols is 1. The third-order valence-electron chi connectivity index (χ3n) is 7.24. The highest BCUT2D eigenvalue weighted by atomic mass is 32.2. The molecule has 216 valence electrons. The van der Waals surface area contributed by atoms with E-state index in [1.165, 1.54) is 18.2 Å². The number of phenolic OH excluding ortho intramolecular Hbond substituents is 1. The number of nitrogens with one attached hydrogen (secondary N) is 1. The Morgan fingerprint density at radius 1 is 0.833 bits per heavy atom. The van der Waals surface area contributed by atoms with Crippen molar-refractivity contribution in [3.8, 4) is 11.5 Å². The largest absolute Gasteiger partial charge is 0.508 e. The van der Waals surface area contributed by atoms with Gasteiger partial charge in [0.05, 0.1) is 17.0 Å². The van der Waals surface area contributed by atoms with Crippen LogP contribution in [0, 0.1) is 0 Å². The molecular weight excluding hydrogens is 550 g/mol. The van der Waals surface area contributed by atoms with Gasteiger partial charge in [-0.3, -0.25) is 4.55 Å². The number of ether oxygens (including phenoxy) is 1. The monoisotopic (exact) mass is 583 g/mol. The van der Waals surface area contributed by atoms with E-state index < -0.39 is 21.5 Å². The Labute approximate surface area is 245 Å². The maximum atomic E-state index is 12.1. The van der Waals surface area contributed by atoms with Crippen LogP contribution < -0.4 is 4.74 Å². The number of aliphatic hydroxyl groups is 1. The number of aromatic hydroxyl groups is 1. The second kappa shape index (κ2) is 13.1. The number of fused-ring (bicyclic) bond motifs is 1. The van der Waals surface area contributed by atoms with Crippen LogP contribution in [0.1, 0.15) is 47.4 Å². The van der Waals surface area contributed by atoms with Crippen LogP contribution in [-0.4, -0.2) is 33.4 Å². The molecule has 42 heavy (non-hydrogen) atoms. The Hall–Kier alpha value is -4.37. The number of hydrogen-bond acceptors (Lipinski definition) is 5. The van der Waals surface area contributed by atoms with E-state index in [2.05, 4.69) is 17.1 Å². The fraction of sp³-hybridized carbons (Fsp3) is 0.176. The number of benzene rings is 4. The van der Waals surface area contributed by atoms with Crippen molar-refractivity contribution >= 4 is 21.0 Å². The summed E-state index contributed by atoms with van der Waals surface area (Å²) in [4.78, 5) is 3.47. The van der Waals surface area contributed by atoms with Crippen molar-refractivity contribution in [3.63, 3.8) is 0 Å². The van der Waals surface area contributed by atoms with Gasteiger partial charge in [-0.2, -0.15) is 8.42 Å². The molecule has 3 atom stereocenters. The Morgan fingerprint density at radius 3 is 2.21 bits per heavy atom. The molecule has 4 aromatic carbocycles. The van der Waals surface area contributed by atoms with Crippen molar-refractivity contribution in [1.29, 1.82) is 0 Å². The van der Waals surface area contributed by atoms with Crippen molar-refractivity contribution in [2.75, 3.05) is 0 Å². The number of aromatic amines is 1. The van der Waals surface area contributed by atoms with E-state index in [1.54, 1.807) is 18.2 Å². The number of hydrogen-bond donors (Lipinski definition) is 4. The van der Waals surface area contributed by atoms with Crippen LogP contribution in [0.3, 0.4) is 0 Å². The smallest absolute Gasteiger partial charge is 0.268 e. The minimum atomic E-state index is -4.29. The molecule has 0 fully saturated rings. The zero-order valence-electron chi connectivity index (χ0n) is 22.9. The number of para-hydroxylation sites is 1. The molecule has 0 unspecified atom stereocenters. The molecule has 0 radical (unpaired) electrons. The fourth-order valence-electron chi connectivity index (χ4n) is 4.90. The number of allylic oxidation sites excluding steroid dienone is 1. The highest BCUT2D eigenvalue weighted by Gasteiger charge is 2.22. The summed E-state index contributed by atoms with van der Waals surface area (Å²) in [6.07, 6.45) is 2.43. The number of rotatable bonds is 12. The second-order valence-corrected chi connectivity index (χ2v) is 11.9. The highest BCUT2D eigenvalue weighted by molar-refractivity contribution is 7.86. The predicted octanol–water partition coefficient (Wildman–Crippen LogP) is 6.91. The van der Waals surface area contributed by atoms with E-state index in [1.807, 2.05) is 72.8 Å². The third-order valence-corrected chi connectivity index (χ3v) is 8.51. The number of aromatic nitrogens is 1. The molecule has 5 aromatic rings. The maximum absolute atomic E-state index is 12.1.